The standard InChI is InChI=1S/C17H24N2O3S/c20-23(21)10-2-8-19(23)16-3-1-7-18(13-16)12-14-4-5-17-15(11-14)6-9-22-17/h4-5,11,16H,1-3,6-10,12-13H2/t16-/m1/s1. The fraction of sp³-hybridized carbons (Fsp3) is 0.647. The van der Waals surface area contributed by atoms with Gasteiger partial charge in [-0.25, -0.2) is 8.42 Å². The van der Waals surface area contributed by atoms with Crippen LogP contribution in [0.5, 0.6) is 5.75 Å². The van der Waals surface area contributed by atoms with Crippen molar-refractivity contribution in [2.45, 2.75) is 38.3 Å². The van der Waals surface area contributed by atoms with Crippen LogP contribution >= 0.6 is 0 Å². The lowest BCUT2D eigenvalue weighted by molar-refractivity contribution is 0.146. The molecule has 0 N–H and O–H groups in total. The SMILES string of the molecule is O=S1(=O)CCCN1[C@@H]1CCCN(Cc2ccc3c(c2)CCO3)C1. The Labute approximate surface area is 138 Å². The second kappa shape index (κ2) is 6.07. The predicted octanol–water partition coefficient (Wildman–Crippen LogP) is 1.62. The van der Waals surface area contributed by atoms with Crippen molar-refractivity contribution in [3.8, 4) is 5.75 Å². The smallest absolute Gasteiger partial charge is 0.214 e. The lowest BCUT2D eigenvalue weighted by Crippen LogP contribution is -2.48. The van der Waals surface area contributed by atoms with E-state index < -0.39 is 10.0 Å². The van der Waals surface area contributed by atoms with Crippen LogP contribution in [0.25, 0.3) is 0 Å². The Morgan fingerprint density at radius 3 is 2.96 bits per heavy atom. The first-order valence-corrected chi connectivity index (χ1v) is 10.2. The van der Waals surface area contributed by atoms with Gasteiger partial charge in [0.25, 0.3) is 0 Å². The maximum Gasteiger partial charge on any atom is 0.214 e. The van der Waals surface area contributed by atoms with Gasteiger partial charge in [-0.05, 0) is 43.0 Å². The summed E-state index contributed by atoms with van der Waals surface area (Å²) in [6.07, 6.45) is 3.85. The van der Waals surface area contributed by atoms with Crippen molar-refractivity contribution in [3.63, 3.8) is 0 Å². The zero-order valence-corrected chi connectivity index (χ0v) is 14.2. The average Bonchev–Trinajstić information content (AvgIpc) is 3.12. The highest BCUT2D eigenvalue weighted by molar-refractivity contribution is 7.89. The van der Waals surface area contributed by atoms with Crippen molar-refractivity contribution in [1.82, 2.24) is 9.21 Å². The fourth-order valence-corrected chi connectivity index (χ4v) is 5.84. The molecule has 0 aromatic heterocycles. The molecule has 2 saturated heterocycles. The highest BCUT2D eigenvalue weighted by atomic mass is 32.2. The molecule has 3 aliphatic rings. The lowest BCUT2D eigenvalue weighted by Gasteiger charge is -2.36. The average molecular weight is 336 g/mol. The number of ether oxygens (including phenoxy) is 1. The third-order valence-corrected chi connectivity index (χ3v) is 7.19. The summed E-state index contributed by atoms with van der Waals surface area (Å²) >= 11 is 0. The second-order valence-corrected chi connectivity index (χ2v) is 8.89. The second-order valence-electron chi connectivity index (χ2n) is 6.85. The molecule has 1 aromatic rings. The van der Waals surface area contributed by atoms with Gasteiger partial charge in [0, 0.05) is 32.1 Å². The van der Waals surface area contributed by atoms with Crippen molar-refractivity contribution in [3.05, 3.63) is 29.3 Å². The maximum absolute atomic E-state index is 12.1. The molecule has 0 saturated carbocycles. The molecule has 3 heterocycles. The van der Waals surface area contributed by atoms with Crippen LogP contribution in [0.1, 0.15) is 30.4 Å². The molecular formula is C17H24N2O3S. The molecule has 2 fully saturated rings. The van der Waals surface area contributed by atoms with Crippen LogP contribution in [0.2, 0.25) is 0 Å². The van der Waals surface area contributed by atoms with Crippen LogP contribution in [0, 0.1) is 0 Å². The van der Waals surface area contributed by atoms with E-state index in [-0.39, 0.29) is 6.04 Å². The highest BCUT2D eigenvalue weighted by Crippen LogP contribution is 2.28. The fourth-order valence-electron chi connectivity index (χ4n) is 4.08. The normalized spacial score (nSPS) is 27.7. The van der Waals surface area contributed by atoms with E-state index in [2.05, 4.69) is 23.1 Å². The van der Waals surface area contributed by atoms with Crippen molar-refractivity contribution in [2.75, 3.05) is 32.0 Å². The molecule has 126 valence electrons. The molecule has 23 heavy (non-hydrogen) atoms. The minimum atomic E-state index is -3.00. The third kappa shape index (κ3) is 3.12. The Kier molecular flexibility index (Phi) is 4.07. The number of piperidine rings is 1. The summed E-state index contributed by atoms with van der Waals surface area (Å²) in [5, 5.41) is 0. The van der Waals surface area contributed by atoms with E-state index in [0.717, 1.165) is 57.7 Å². The monoisotopic (exact) mass is 336 g/mol. The molecule has 0 amide bonds. The molecular weight excluding hydrogens is 312 g/mol. The molecule has 6 heteroatoms. The van der Waals surface area contributed by atoms with Gasteiger partial charge in [0.2, 0.25) is 10.0 Å². The molecule has 0 spiro atoms. The maximum atomic E-state index is 12.1. The molecule has 1 aromatic carbocycles. The number of nitrogens with zero attached hydrogens (tertiary/aromatic N) is 2. The van der Waals surface area contributed by atoms with Gasteiger partial charge < -0.3 is 4.74 Å². The van der Waals surface area contributed by atoms with Crippen molar-refractivity contribution < 1.29 is 13.2 Å². The minimum Gasteiger partial charge on any atom is -0.493 e. The van der Waals surface area contributed by atoms with E-state index in [1.807, 2.05) is 0 Å². The van der Waals surface area contributed by atoms with E-state index >= 15 is 0 Å². The van der Waals surface area contributed by atoms with Gasteiger partial charge in [-0.3, -0.25) is 4.90 Å². The van der Waals surface area contributed by atoms with E-state index in [0.29, 0.717) is 12.3 Å². The van der Waals surface area contributed by atoms with Gasteiger partial charge >= 0.3 is 0 Å². The quantitative estimate of drug-likeness (QED) is 0.842. The van der Waals surface area contributed by atoms with E-state index in [1.54, 1.807) is 4.31 Å². The van der Waals surface area contributed by atoms with Crippen molar-refractivity contribution in [1.29, 1.82) is 0 Å². The summed E-state index contributed by atoms with van der Waals surface area (Å²) in [4.78, 5) is 2.40. The number of hydrogen-bond acceptors (Lipinski definition) is 4. The van der Waals surface area contributed by atoms with Crippen molar-refractivity contribution in [2.24, 2.45) is 0 Å². The molecule has 0 unspecified atom stereocenters. The Morgan fingerprint density at radius 1 is 1.22 bits per heavy atom. The topological polar surface area (TPSA) is 49.9 Å². The van der Waals surface area contributed by atoms with Gasteiger partial charge in [0.1, 0.15) is 5.75 Å². The van der Waals surface area contributed by atoms with E-state index in [4.69, 9.17) is 4.74 Å². The van der Waals surface area contributed by atoms with Crippen LogP contribution in [0.15, 0.2) is 18.2 Å². The number of sulfonamides is 1. The molecule has 0 aliphatic carbocycles. The van der Waals surface area contributed by atoms with Crippen LogP contribution in [-0.2, 0) is 23.0 Å². The number of hydrogen-bond donors (Lipinski definition) is 0. The van der Waals surface area contributed by atoms with Gasteiger partial charge in [-0.2, -0.15) is 4.31 Å². The Hall–Kier alpha value is -1.11. The van der Waals surface area contributed by atoms with Gasteiger partial charge in [-0.1, -0.05) is 12.1 Å². The number of likely N-dealkylation sites (tertiary alicyclic amines) is 1. The summed E-state index contributed by atoms with van der Waals surface area (Å²) < 4.78 is 31.6. The lowest BCUT2D eigenvalue weighted by atomic mass is 10.0. The minimum absolute atomic E-state index is 0.161. The summed E-state index contributed by atoms with van der Waals surface area (Å²) in [5.41, 5.74) is 2.61. The first kappa shape index (κ1) is 15.4. The van der Waals surface area contributed by atoms with Crippen LogP contribution < -0.4 is 4.74 Å². The van der Waals surface area contributed by atoms with Gasteiger partial charge in [-0.15, -0.1) is 0 Å². The summed E-state index contributed by atoms with van der Waals surface area (Å²) in [5.74, 6) is 1.35. The first-order valence-electron chi connectivity index (χ1n) is 8.58. The molecule has 4 rings (SSSR count). The van der Waals surface area contributed by atoms with Crippen molar-refractivity contribution >= 4 is 10.0 Å². The summed E-state index contributed by atoms with van der Waals surface area (Å²) in [6, 6.07) is 6.62. The molecule has 0 radical (unpaired) electrons. The zero-order valence-electron chi connectivity index (χ0n) is 13.4. The Bertz CT molecular complexity index is 689. The number of rotatable bonds is 3. The van der Waals surface area contributed by atoms with Crippen LogP contribution in [0.3, 0.4) is 0 Å². The van der Waals surface area contributed by atoms with Gasteiger partial charge in [0.05, 0.1) is 12.4 Å². The highest BCUT2D eigenvalue weighted by Gasteiger charge is 2.36. The Balaban J connectivity index is 1.43. The Morgan fingerprint density at radius 2 is 2.13 bits per heavy atom. The van der Waals surface area contributed by atoms with E-state index in [1.165, 1.54) is 11.1 Å². The largest absolute Gasteiger partial charge is 0.493 e. The first-order chi connectivity index (χ1) is 11.1. The number of fused-ring (bicyclic) bond motifs is 1. The summed E-state index contributed by atoms with van der Waals surface area (Å²) in [6.45, 7) is 4.30. The third-order valence-electron chi connectivity index (χ3n) is 5.19. The summed E-state index contributed by atoms with van der Waals surface area (Å²) in [7, 11) is -3.00. The molecule has 3 aliphatic heterocycles. The molecule has 1 atom stereocenters. The molecule has 0 bridgehead atoms. The van der Waals surface area contributed by atoms with Crippen LogP contribution in [-0.4, -0.2) is 55.7 Å². The number of benzene rings is 1. The van der Waals surface area contributed by atoms with Crippen LogP contribution in [0.4, 0.5) is 0 Å². The molecule has 5 nitrogen and oxygen atoms in total. The van der Waals surface area contributed by atoms with Gasteiger partial charge in [0.15, 0.2) is 0 Å². The zero-order chi connectivity index (χ0) is 15.9. The van der Waals surface area contributed by atoms with E-state index in [9.17, 15) is 8.42 Å². The predicted molar refractivity (Wildman–Crippen MR) is 89.0 cm³/mol.